The van der Waals surface area contributed by atoms with Crippen LogP contribution < -0.4 is 10.4 Å². The minimum absolute atomic E-state index is 0.129. The maximum Gasteiger partial charge on any atom is 0.403 e. The van der Waals surface area contributed by atoms with Crippen LogP contribution in [0.4, 0.5) is 18.9 Å². The van der Waals surface area contributed by atoms with Crippen molar-refractivity contribution in [3.05, 3.63) is 35.9 Å². The molecule has 0 aromatic heterocycles. The molecule has 1 aliphatic heterocycles. The number of hydrogen-bond donors (Lipinski definition) is 2. The molecule has 9 heteroatoms. The predicted octanol–water partition coefficient (Wildman–Crippen LogP) is 2.20. The van der Waals surface area contributed by atoms with Crippen molar-refractivity contribution >= 4 is 23.6 Å². The van der Waals surface area contributed by atoms with Gasteiger partial charge in [-0.15, -0.1) is 0 Å². The molecule has 0 radical (unpaired) electrons. The van der Waals surface area contributed by atoms with Gasteiger partial charge in [0.15, 0.2) is 0 Å². The summed E-state index contributed by atoms with van der Waals surface area (Å²) in [7, 11) is 0. The largest absolute Gasteiger partial charge is 0.403 e. The average molecular weight is 383 g/mol. The third kappa shape index (κ3) is 3.78. The number of halogens is 3. The summed E-state index contributed by atoms with van der Waals surface area (Å²) in [5, 5.41) is 8.56. The second-order valence-corrected chi connectivity index (χ2v) is 6.73. The monoisotopic (exact) mass is 383 g/mol. The summed E-state index contributed by atoms with van der Waals surface area (Å²) in [6.45, 7) is 1.23. The number of nitrogens with one attached hydrogen (secondary N) is 1. The molecule has 2 amide bonds. The molecule has 1 aromatic rings. The van der Waals surface area contributed by atoms with Crippen molar-refractivity contribution in [2.24, 2.45) is 5.41 Å². The number of piperazine rings is 1. The first-order valence-corrected chi connectivity index (χ1v) is 8.61. The Morgan fingerprint density at radius 1 is 1.11 bits per heavy atom. The summed E-state index contributed by atoms with van der Waals surface area (Å²) in [6, 6.07) is 7.24. The Hall–Kier alpha value is -2.55. The third-order valence-corrected chi connectivity index (χ3v) is 5.07. The van der Waals surface area contributed by atoms with Crippen LogP contribution in [0.2, 0.25) is 0 Å². The molecule has 1 saturated carbocycles. The first-order valence-electron chi connectivity index (χ1n) is 8.61. The standard InChI is InChI=1S/C18H20F3N3O3/c19-18(20,21)17(7-8-17)16(26)24-11-9-23(10-12-24)14-4-2-1-3-13(14)5-6-15(25)22-27/h1-6,27H,7-12H2,(H,22,25). The third-order valence-electron chi connectivity index (χ3n) is 5.07. The van der Waals surface area contributed by atoms with Gasteiger partial charge in [-0.25, -0.2) is 5.48 Å². The minimum atomic E-state index is -4.49. The smallest absolute Gasteiger partial charge is 0.367 e. The van der Waals surface area contributed by atoms with Crippen molar-refractivity contribution in [3.63, 3.8) is 0 Å². The van der Waals surface area contributed by atoms with E-state index in [2.05, 4.69) is 0 Å². The van der Waals surface area contributed by atoms with Gasteiger partial charge in [-0.2, -0.15) is 13.2 Å². The zero-order valence-electron chi connectivity index (χ0n) is 14.5. The molecular formula is C18H20F3N3O3. The van der Waals surface area contributed by atoms with Gasteiger partial charge in [0, 0.05) is 37.9 Å². The Labute approximate surface area is 154 Å². The lowest BCUT2D eigenvalue weighted by Crippen LogP contribution is -2.53. The van der Waals surface area contributed by atoms with Gasteiger partial charge in [0.05, 0.1) is 0 Å². The van der Waals surface area contributed by atoms with Crippen LogP contribution in [0.1, 0.15) is 18.4 Å². The number of para-hydroxylation sites is 1. The number of carbonyl (C=O) groups excluding carboxylic acids is 2. The highest BCUT2D eigenvalue weighted by atomic mass is 19.4. The van der Waals surface area contributed by atoms with Gasteiger partial charge in [-0.05, 0) is 30.5 Å². The molecule has 27 heavy (non-hydrogen) atoms. The molecule has 6 nitrogen and oxygen atoms in total. The highest BCUT2D eigenvalue weighted by molar-refractivity contribution is 5.92. The van der Waals surface area contributed by atoms with Crippen molar-refractivity contribution in [1.82, 2.24) is 10.4 Å². The van der Waals surface area contributed by atoms with Crippen LogP contribution in [0.3, 0.4) is 0 Å². The molecule has 1 aromatic carbocycles. The van der Waals surface area contributed by atoms with E-state index in [1.807, 2.05) is 17.0 Å². The second kappa shape index (κ2) is 7.22. The second-order valence-electron chi connectivity index (χ2n) is 6.73. The lowest BCUT2D eigenvalue weighted by Gasteiger charge is -2.38. The van der Waals surface area contributed by atoms with Crippen molar-refractivity contribution in [1.29, 1.82) is 0 Å². The lowest BCUT2D eigenvalue weighted by atomic mass is 10.0. The molecule has 0 unspecified atom stereocenters. The minimum Gasteiger partial charge on any atom is -0.367 e. The van der Waals surface area contributed by atoms with E-state index in [9.17, 15) is 22.8 Å². The van der Waals surface area contributed by atoms with Gasteiger partial charge in [-0.3, -0.25) is 14.8 Å². The Balaban J connectivity index is 1.68. The van der Waals surface area contributed by atoms with Gasteiger partial charge in [0.25, 0.3) is 5.91 Å². The highest BCUT2D eigenvalue weighted by Gasteiger charge is 2.69. The van der Waals surface area contributed by atoms with Crippen LogP contribution in [-0.4, -0.2) is 54.3 Å². The topological polar surface area (TPSA) is 72.9 Å². The summed E-state index contributed by atoms with van der Waals surface area (Å²) < 4.78 is 39.5. The molecule has 3 rings (SSSR count). The number of benzene rings is 1. The number of carbonyl (C=O) groups is 2. The molecule has 1 aliphatic carbocycles. The molecule has 0 spiro atoms. The molecule has 2 N–H and O–H groups in total. The summed E-state index contributed by atoms with van der Waals surface area (Å²) in [4.78, 5) is 26.8. The van der Waals surface area contributed by atoms with E-state index in [1.165, 1.54) is 16.5 Å². The van der Waals surface area contributed by atoms with Gasteiger partial charge >= 0.3 is 6.18 Å². The molecule has 0 atom stereocenters. The Morgan fingerprint density at radius 2 is 1.74 bits per heavy atom. The van der Waals surface area contributed by atoms with E-state index in [0.29, 0.717) is 13.1 Å². The fraction of sp³-hybridized carbons (Fsp3) is 0.444. The Morgan fingerprint density at radius 3 is 2.30 bits per heavy atom. The van der Waals surface area contributed by atoms with Gasteiger partial charge in [0.1, 0.15) is 5.41 Å². The SMILES string of the molecule is O=C(C=Cc1ccccc1N1CCN(C(=O)C2(C(F)(F)F)CC2)CC1)NO. The van der Waals surface area contributed by atoms with E-state index in [0.717, 1.165) is 11.3 Å². The van der Waals surface area contributed by atoms with Gasteiger partial charge in [-0.1, -0.05) is 18.2 Å². The summed E-state index contributed by atoms with van der Waals surface area (Å²) in [6.07, 6.45) is -2.03. The molecule has 1 heterocycles. The van der Waals surface area contributed by atoms with Crippen LogP contribution in [0.15, 0.2) is 30.3 Å². The number of nitrogens with zero attached hydrogens (tertiary/aromatic N) is 2. The fourth-order valence-electron chi connectivity index (χ4n) is 3.32. The zero-order chi connectivity index (χ0) is 19.7. The van der Waals surface area contributed by atoms with E-state index >= 15 is 0 Å². The van der Waals surface area contributed by atoms with E-state index < -0.39 is 23.4 Å². The van der Waals surface area contributed by atoms with Gasteiger partial charge < -0.3 is 9.80 Å². The van der Waals surface area contributed by atoms with Crippen LogP contribution >= 0.6 is 0 Å². The van der Waals surface area contributed by atoms with Crippen LogP contribution in [0, 0.1) is 5.41 Å². The van der Waals surface area contributed by atoms with Crippen molar-refractivity contribution < 1.29 is 28.0 Å². The number of hydrogen-bond acceptors (Lipinski definition) is 4. The maximum absolute atomic E-state index is 13.2. The summed E-state index contributed by atoms with van der Waals surface area (Å²) >= 11 is 0. The molecule has 1 saturated heterocycles. The van der Waals surface area contributed by atoms with Crippen molar-refractivity contribution in [2.75, 3.05) is 31.1 Å². The molecular weight excluding hydrogens is 363 g/mol. The van der Waals surface area contributed by atoms with E-state index in [1.54, 1.807) is 18.2 Å². The normalized spacial score (nSPS) is 19.3. The van der Waals surface area contributed by atoms with E-state index in [4.69, 9.17) is 5.21 Å². The van der Waals surface area contributed by atoms with Crippen LogP contribution in [0.25, 0.3) is 6.08 Å². The summed E-state index contributed by atoms with van der Waals surface area (Å²) in [5.41, 5.74) is 0.876. The van der Waals surface area contributed by atoms with Crippen LogP contribution in [0.5, 0.6) is 0 Å². The molecule has 2 aliphatic rings. The Kier molecular flexibility index (Phi) is 5.14. The number of anilines is 1. The average Bonchev–Trinajstić information content (AvgIpc) is 3.48. The fourth-order valence-corrected chi connectivity index (χ4v) is 3.32. The summed E-state index contributed by atoms with van der Waals surface area (Å²) in [5.74, 6) is -1.48. The maximum atomic E-state index is 13.2. The lowest BCUT2D eigenvalue weighted by molar-refractivity contribution is -0.198. The predicted molar refractivity (Wildman–Crippen MR) is 91.9 cm³/mol. The number of hydroxylamine groups is 1. The first kappa shape index (κ1) is 19.2. The number of amides is 2. The highest BCUT2D eigenvalue weighted by Crippen LogP contribution is 2.58. The van der Waals surface area contributed by atoms with Crippen molar-refractivity contribution in [2.45, 2.75) is 19.0 Å². The zero-order valence-corrected chi connectivity index (χ0v) is 14.5. The molecule has 146 valence electrons. The van der Waals surface area contributed by atoms with Crippen LogP contribution in [-0.2, 0) is 9.59 Å². The molecule has 0 bridgehead atoms. The van der Waals surface area contributed by atoms with E-state index in [-0.39, 0.29) is 25.9 Å². The number of rotatable bonds is 4. The molecule has 2 fully saturated rings. The number of alkyl halides is 3. The van der Waals surface area contributed by atoms with Crippen molar-refractivity contribution in [3.8, 4) is 0 Å². The first-order chi connectivity index (χ1) is 12.8. The Bertz CT molecular complexity index is 752. The quantitative estimate of drug-likeness (QED) is 0.475. The van der Waals surface area contributed by atoms with Gasteiger partial charge in [0.2, 0.25) is 5.91 Å².